The summed E-state index contributed by atoms with van der Waals surface area (Å²) in [6.45, 7) is 6.09. The van der Waals surface area contributed by atoms with Crippen molar-refractivity contribution in [2.24, 2.45) is 0 Å². The minimum absolute atomic E-state index is 0.0297. The normalized spacial score (nSPS) is 11.1. The highest BCUT2D eigenvalue weighted by Gasteiger charge is 2.11. The summed E-state index contributed by atoms with van der Waals surface area (Å²) in [6, 6.07) is 15.1. The zero-order valence-corrected chi connectivity index (χ0v) is 17.0. The number of rotatable bonds is 6. The molecule has 2 heterocycles. The summed E-state index contributed by atoms with van der Waals surface area (Å²) in [6.07, 6.45) is 1.74. The summed E-state index contributed by atoms with van der Waals surface area (Å²) in [5.74, 6) is 1.93. The lowest BCUT2D eigenvalue weighted by Crippen LogP contribution is -2.20. The molecule has 30 heavy (non-hydrogen) atoms. The summed E-state index contributed by atoms with van der Waals surface area (Å²) in [7, 11) is 0. The summed E-state index contributed by atoms with van der Waals surface area (Å²) >= 11 is 0. The topological polar surface area (TPSA) is 98.7 Å². The maximum Gasteiger partial charge on any atom is 0.248 e. The fourth-order valence-corrected chi connectivity index (χ4v) is 2.84. The first-order valence-corrected chi connectivity index (χ1v) is 9.69. The van der Waals surface area contributed by atoms with Crippen LogP contribution in [0.25, 0.3) is 22.8 Å². The van der Waals surface area contributed by atoms with Crippen LogP contribution in [0.1, 0.15) is 31.1 Å². The van der Waals surface area contributed by atoms with Crippen LogP contribution in [0, 0.1) is 6.92 Å². The van der Waals surface area contributed by atoms with E-state index in [9.17, 15) is 4.79 Å². The van der Waals surface area contributed by atoms with E-state index in [1.165, 1.54) is 4.80 Å². The number of carbonyl (C=O) groups is 1. The molecule has 1 N–H and O–H groups in total. The molecule has 8 nitrogen and oxygen atoms in total. The Bertz CT molecular complexity index is 1140. The molecule has 0 aliphatic rings. The molecule has 0 saturated carbocycles. The third-order valence-electron chi connectivity index (χ3n) is 4.56. The molecule has 2 aromatic heterocycles. The monoisotopic (exact) mass is 402 g/mol. The predicted octanol–water partition coefficient (Wildman–Crippen LogP) is 4.07. The largest absolute Gasteiger partial charge is 0.441 e. The molecule has 0 aliphatic heterocycles. The Morgan fingerprint density at radius 2 is 1.77 bits per heavy atom. The summed E-state index contributed by atoms with van der Waals surface area (Å²) in [4.78, 5) is 17.9. The standard InChI is InChI=1S/C22H22N6O2/c1-14(2)19-12-23-22(30-19)17-8-10-18(11-9-17)24-20(29)13-28-26-21(25-27-28)16-6-4-15(3)5-7-16/h4-12,14H,13H2,1-3H3,(H,24,29). The maximum absolute atomic E-state index is 12.3. The van der Waals surface area contributed by atoms with Crippen LogP contribution >= 0.6 is 0 Å². The number of nitrogens with zero attached hydrogens (tertiary/aromatic N) is 5. The van der Waals surface area contributed by atoms with Gasteiger partial charge in [0.15, 0.2) is 0 Å². The van der Waals surface area contributed by atoms with Crippen LogP contribution in [0.2, 0.25) is 0 Å². The molecule has 4 rings (SSSR count). The lowest BCUT2D eigenvalue weighted by molar-refractivity contribution is -0.117. The Labute approximate surface area is 174 Å². The molecular formula is C22H22N6O2. The average molecular weight is 402 g/mol. The molecule has 0 unspecified atom stereocenters. The van der Waals surface area contributed by atoms with Crippen LogP contribution < -0.4 is 5.32 Å². The summed E-state index contributed by atoms with van der Waals surface area (Å²) in [5.41, 5.74) is 3.52. The predicted molar refractivity (Wildman–Crippen MR) is 113 cm³/mol. The van der Waals surface area contributed by atoms with Crippen LogP contribution in [0.15, 0.2) is 59.1 Å². The Morgan fingerprint density at radius 3 is 2.43 bits per heavy atom. The number of aryl methyl sites for hydroxylation is 1. The van der Waals surface area contributed by atoms with Gasteiger partial charge in [0.2, 0.25) is 17.6 Å². The second-order valence-corrected chi connectivity index (χ2v) is 7.36. The fraction of sp³-hybridized carbons (Fsp3) is 0.227. The lowest BCUT2D eigenvalue weighted by Gasteiger charge is -2.05. The second-order valence-electron chi connectivity index (χ2n) is 7.36. The maximum atomic E-state index is 12.3. The van der Waals surface area contributed by atoms with Gasteiger partial charge in [-0.3, -0.25) is 4.79 Å². The van der Waals surface area contributed by atoms with Gasteiger partial charge in [0.05, 0.1) is 6.20 Å². The van der Waals surface area contributed by atoms with E-state index in [4.69, 9.17) is 4.42 Å². The van der Waals surface area contributed by atoms with Crippen LogP contribution in [-0.4, -0.2) is 31.1 Å². The van der Waals surface area contributed by atoms with Crippen molar-refractivity contribution in [3.05, 3.63) is 66.1 Å². The number of amides is 1. The third kappa shape index (κ3) is 4.43. The van der Waals surface area contributed by atoms with E-state index in [1.807, 2.05) is 43.3 Å². The fourth-order valence-electron chi connectivity index (χ4n) is 2.84. The van der Waals surface area contributed by atoms with Crippen molar-refractivity contribution in [3.63, 3.8) is 0 Å². The van der Waals surface area contributed by atoms with E-state index in [2.05, 4.69) is 39.6 Å². The third-order valence-corrected chi connectivity index (χ3v) is 4.56. The first-order valence-electron chi connectivity index (χ1n) is 9.69. The number of tetrazole rings is 1. The molecule has 0 spiro atoms. The summed E-state index contributed by atoms with van der Waals surface area (Å²) in [5, 5.41) is 15.1. The SMILES string of the molecule is Cc1ccc(-c2nnn(CC(=O)Nc3ccc(-c4ncc(C(C)C)o4)cc3)n2)cc1. The van der Waals surface area contributed by atoms with Gasteiger partial charge in [-0.05, 0) is 36.4 Å². The molecule has 0 saturated heterocycles. The smallest absolute Gasteiger partial charge is 0.248 e. The first-order chi connectivity index (χ1) is 14.5. The Balaban J connectivity index is 1.37. The van der Waals surface area contributed by atoms with Gasteiger partial charge in [-0.2, -0.15) is 4.80 Å². The second kappa shape index (κ2) is 8.28. The number of oxazole rings is 1. The zero-order valence-electron chi connectivity index (χ0n) is 17.0. The van der Waals surface area contributed by atoms with Gasteiger partial charge in [0.25, 0.3) is 0 Å². The molecule has 0 bridgehead atoms. The minimum atomic E-state index is -0.242. The molecule has 0 atom stereocenters. The van der Waals surface area contributed by atoms with Crippen molar-refractivity contribution in [2.75, 3.05) is 5.32 Å². The van der Waals surface area contributed by atoms with Gasteiger partial charge in [-0.15, -0.1) is 10.2 Å². The lowest BCUT2D eigenvalue weighted by atomic mass is 10.1. The highest BCUT2D eigenvalue weighted by molar-refractivity contribution is 5.90. The highest BCUT2D eigenvalue weighted by Crippen LogP contribution is 2.24. The van der Waals surface area contributed by atoms with Crippen molar-refractivity contribution < 1.29 is 9.21 Å². The molecule has 2 aromatic carbocycles. The van der Waals surface area contributed by atoms with E-state index in [0.717, 1.165) is 22.5 Å². The van der Waals surface area contributed by atoms with Crippen LogP contribution in [0.4, 0.5) is 5.69 Å². The van der Waals surface area contributed by atoms with Crippen LogP contribution in [0.3, 0.4) is 0 Å². The van der Waals surface area contributed by atoms with Crippen LogP contribution in [-0.2, 0) is 11.3 Å². The molecule has 0 aliphatic carbocycles. The van der Waals surface area contributed by atoms with Crippen molar-refractivity contribution in [1.82, 2.24) is 25.2 Å². The Morgan fingerprint density at radius 1 is 1.07 bits per heavy atom. The van der Waals surface area contributed by atoms with Crippen molar-refractivity contribution in [3.8, 4) is 22.8 Å². The Hall–Kier alpha value is -3.81. The van der Waals surface area contributed by atoms with E-state index >= 15 is 0 Å². The van der Waals surface area contributed by atoms with Gasteiger partial charge in [0.1, 0.15) is 12.3 Å². The van der Waals surface area contributed by atoms with Gasteiger partial charge in [-0.25, -0.2) is 4.98 Å². The van der Waals surface area contributed by atoms with Crippen molar-refractivity contribution >= 4 is 11.6 Å². The molecule has 0 fully saturated rings. The molecular weight excluding hydrogens is 380 g/mol. The number of carbonyl (C=O) groups excluding carboxylic acids is 1. The number of benzene rings is 2. The van der Waals surface area contributed by atoms with E-state index in [0.29, 0.717) is 17.4 Å². The van der Waals surface area contributed by atoms with E-state index in [-0.39, 0.29) is 18.4 Å². The number of anilines is 1. The van der Waals surface area contributed by atoms with Gasteiger partial charge < -0.3 is 9.73 Å². The molecule has 8 heteroatoms. The van der Waals surface area contributed by atoms with E-state index < -0.39 is 0 Å². The van der Waals surface area contributed by atoms with Gasteiger partial charge >= 0.3 is 0 Å². The highest BCUT2D eigenvalue weighted by atomic mass is 16.4. The average Bonchev–Trinajstić information content (AvgIpc) is 3.39. The van der Waals surface area contributed by atoms with Crippen molar-refractivity contribution in [2.45, 2.75) is 33.2 Å². The Kier molecular flexibility index (Phi) is 5.38. The number of hydrogen-bond acceptors (Lipinski definition) is 6. The molecule has 152 valence electrons. The minimum Gasteiger partial charge on any atom is -0.441 e. The number of nitrogens with one attached hydrogen (secondary N) is 1. The zero-order chi connectivity index (χ0) is 21.1. The van der Waals surface area contributed by atoms with Crippen molar-refractivity contribution in [1.29, 1.82) is 0 Å². The van der Waals surface area contributed by atoms with E-state index in [1.54, 1.807) is 18.3 Å². The summed E-state index contributed by atoms with van der Waals surface area (Å²) < 4.78 is 5.75. The molecule has 0 radical (unpaired) electrons. The van der Waals surface area contributed by atoms with Gasteiger partial charge in [-0.1, -0.05) is 43.7 Å². The van der Waals surface area contributed by atoms with Crippen LogP contribution in [0.5, 0.6) is 0 Å². The number of hydrogen-bond donors (Lipinski definition) is 1. The quantitative estimate of drug-likeness (QED) is 0.522. The van der Waals surface area contributed by atoms with Gasteiger partial charge in [0, 0.05) is 22.7 Å². The number of aromatic nitrogens is 5. The molecule has 4 aromatic rings. The first kappa shape index (κ1) is 19.5. The molecule has 1 amide bonds.